The highest BCUT2D eigenvalue weighted by Crippen LogP contribution is 2.36. The summed E-state index contributed by atoms with van der Waals surface area (Å²) < 4.78 is 47.9. The molecule has 1 rings (SSSR count). The third-order valence-corrected chi connectivity index (χ3v) is 1.77. The highest BCUT2D eigenvalue weighted by atomic mass is 32.2. The van der Waals surface area contributed by atoms with Gasteiger partial charge in [0.25, 0.3) is 0 Å². The number of pyridine rings is 1. The smallest absolute Gasteiger partial charge is 0.381 e. The Labute approximate surface area is 75.1 Å². The fourth-order valence-corrected chi connectivity index (χ4v) is 1.16. The van der Waals surface area contributed by atoms with E-state index in [4.69, 9.17) is 5.73 Å². The maximum Gasteiger partial charge on any atom is 0.446 e. The minimum absolute atomic E-state index is 0.320. The molecule has 2 N–H and O–H groups in total. The zero-order valence-electron chi connectivity index (χ0n) is 6.10. The largest absolute Gasteiger partial charge is 0.446 e. The van der Waals surface area contributed by atoms with Crippen LogP contribution in [0.25, 0.3) is 0 Å². The highest BCUT2D eigenvalue weighted by Gasteiger charge is 2.29. The number of alkyl halides is 3. The second-order valence-electron chi connectivity index (χ2n) is 2.09. The minimum atomic E-state index is -4.44. The zero-order chi connectivity index (χ0) is 10.1. The molecule has 72 valence electrons. The van der Waals surface area contributed by atoms with Gasteiger partial charge in [0, 0.05) is 11.1 Å². The van der Waals surface area contributed by atoms with Gasteiger partial charge in [0.05, 0.1) is 0 Å². The minimum Gasteiger partial charge on any atom is -0.381 e. The van der Waals surface area contributed by atoms with Crippen LogP contribution in [0.2, 0.25) is 0 Å². The molecular formula is C6H4F4N2S. The first-order valence-electron chi connectivity index (χ1n) is 3.05. The molecule has 0 unspecified atom stereocenters. The first-order valence-corrected chi connectivity index (χ1v) is 3.87. The molecule has 1 aromatic rings. The summed E-state index contributed by atoms with van der Waals surface area (Å²) in [5.41, 5.74) is 0.536. The van der Waals surface area contributed by atoms with Gasteiger partial charge in [0.15, 0.2) is 11.6 Å². The van der Waals surface area contributed by atoms with E-state index in [1.54, 1.807) is 0 Å². The molecule has 0 aromatic carbocycles. The van der Waals surface area contributed by atoms with Crippen LogP contribution < -0.4 is 5.73 Å². The molecule has 1 aromatic heterocycles. The van der Waals surface area contributed by atoms with Gasteiger partial charge in [-0.05, 0) is 17.8 Å². The molecule has 0 atom stereocenters. The van der Waals surface area contributed by atoms with Gasteiger partial charge < -0.3 is 5.73 Å². The van der Waals surface area contributed by atoms with E-state index in [9.17, 15) is 17.6 Å². The van der Waals surface area contributed by atoms with E-state index < -0.39 is 28.9 Å². The molecule has 0 amide bonds. The van der Waals surface area contributed by atoms with E-state index in [1.165, 1.54) is 0 Å². The SMILES string of the molecule is Nc1ncc(SC(F)(F)F)cc1F. The second kappa shape index (κ2) is 3.41. The number of hydrogen-bond acceptors (Lipinski definition) is 3. The fourth-order valence-electron chi connectivity index (χ4n) is 0.620. The third-order valence-electron chi connectivity index (χ3n) is 1.08. The van der Waals surface area contributed by atoms with Crippen LogP contribution in [0.1, 0.15) is 0 Å². The van der Waals surface area contributed by atoms with E-state index in [0.29, 0.717) is 6.07 Å². The van der Waals surface area contributed by atoms with Crippen molar-refractivity contribution in [2.75, 3.05) is 5.73 Å². The predicted molar refractivity (Wildman–Crippen MR) is 40.5 cm³/mol. The van der Waals surface area contributed by atoms with Gasteiger partial charge >= 0.3 is 5.51 Å². The number of nitrogens with two attached hydrogens (primary N) is 1. The summed E-state index contributed by atoms with van der Waals surface area (Å²) in [6.07, 6.45) is 0.872. The van der Waals surface area contributed by atoms with Crippen molar-refractivity contribution in [3.05, 3.63) is 18.1 Å². The van der Waals surface area contributed by atoms with Gasteiger partial charge in [-0.25, -0.2) is 9.37 Å². The standard InChI is InChI=1S/C6H4F4N2S/c7-4-1-3(2-12-5(4)11)13-6(8,9)10/h1-2H,(H2,11,12). The summed E-state index contributed by atoms with van der Waals surface area (Å²) in [6, 6.07) is 0.695. The van der Waals surface area contributed by atoms with Gasteiger partial charge in [-0.1, -0.05) is 0 Å². The number of anilines is 1. The second-order valence-corrected chi connectivity index (χ2v) is 3.22. The molecule has 0 fully saturated rings. The van der Waals surface area contributed by atoms with Crippen LogP contribution in [0, 0.1) is 5.82 Å². The van der Waals surface area contributed by atoms with Crippen LogP contribution in [0.4, 0.5) is 23.4 Å². The van der Waals surface area contributed by atoms with Gasteiger partial charge in [-0.2, -0.15) is 13.2 Å². The number of thioether (sulfide) groups is 1. The molecule has 0 aliphatic rings. The van der Waals surface area contributed by atoms with Crippen LogP contribution in [0.5, 0.6) is 0 Å². The highest BCUT2D eigenvalue weighted by molar-refractivity contribution is 8.00. The topological polar surface area (TPSA) is 38.9 Å². The molecule has 2 nitrogen and oxygen atoms in total. The molecule has 0 spiro atoms. The molecule has 1 heterocycles. The summed E-state index contributed by atoms with van der Waals surface area (Å²) in [5, 5.41) is 0. The van der Waals surface area contributed by atoms with Crippen molar-refractivity contribution in [3.63, 3.8) is 0 Å². The normalized spacial score (nSPS) is 11.7. The molecule has 13 heavy (non-hydrogen) atoms. The Hall–Kier alpha value is -0.980. The molecular weight excluding hydrogens is 208 g/mol. The predicted octanol–water partition coefficient (Wildman–Crippen LogP) is 2.41. The van der Waals surface area contributed by atoms with Crippen molar-refractivity contribution in [1.29, 1.82) is 0 Å². The third kappa shape index (κ3) is 3.10. The summed E-state index contributed by atoms with van der Waals surface area (Å²) in [5.74, 6) is -1.36. The van der Waals surface area contributed by atoms with E-state index in [2.05, 4.69) is 4.98 Å². The van der Waals surface area contributed by atoms with Crippen molar-refractivity contribution in [3.8, 4) is 0 Å². The van der Waals surface area contributed by atoms with E-state index >= 15 is 0 Å². The zero-order valence-corrected chi connectivity index (χ0v) is 6.92. The quantitative estimate of drug-likeness (QED) is 0.574. The number of rotatable bonds is 1. The number of nitrogens with zero attached hydrogens (tertiary/aromatic N) is 1. The lowest BCUT2D eigenvalue weighted by Gasteiger charge is -2.05. The lowest BCUT2D eigenvalue weighted by molar-refractivity contribution is -0.0328. The Morgan fingerprint density at radius 1 is 1.38 bits per heavy atom. The Morgan fingerprint density at radius 3 is 2.46 bits per heavy atom. The monoisotopic (exact) mass is 212 g/mol. The molecule has 0 saturated heterocycles. The van der Waals surface area contributed by atoms with Crippen LogP contribution in [0.3, 0.4) is 0 Å². The molecule has 7 heteroatoms. The van der Waals surface area contributed by atoms with Gasteiger partial charge in [-0.15, -0.1) is 0 Å². The van der Waals surface area contributed by atoms with Gasteiger partial charge in [0.1, 0.15) is 0 Å². The van der Waals surface area contributed by atoms with E-state index in [0.717, 1.165) is 6.20 Å². The first kappa shape index (κ1) is 10.1. The summed E-state index contributed by atoms with van der Waals surface area (Å²) in [7, 11) is 0. The molecule has 0 saturated carbocycles. The molecule has 0 radical (unpaired) electrons. The van der Waals surface area contributed by atoms with E-state index in [1.807, 2.05) is 0 Å². The van der Waals surface area contributed by atoms with Crippen molar-refractivity contribution in [2.24, 2.45) is 0 Å². The number of hydrogen-bond donors (Lipinski definition) is 1. The number of aromatic nitrogens is 1. The Morgan fingerprint density at radius 2 is 2.00 bits per heavy atom. The Balaban J connectivity index is 2.86. The van der Waals surface area contributed by atoms with Crippen LogP contribution in [-0.2, 0) is 0 Å². The van der Waals surface area contributed by atoms with Gasteiger partial charge in [0.2, 0.25) is 0 Å². The fraction of sp³-hybridized carbons (Fsp3) is 0.167. The average Bonchev–Trinajstić information content (AvgIpc) is 1.94. The Bertz CT molecular complexity index is 312. The van der Waals surface area contributed by atoms with Crippen molar-refractivity contribution < 1.29 is 17.6 Å². The van der Waals surface area contributed by atoms with Gasteiger partial charge in [-0.3, -0.25) is 0 Å². The molecule has 0 aliphatic carbocycles. The van der Waals surface area contributed by atoms with Crippen LogP contribution >= 0.6 is 11.8 Å². The van der Waals surface area contributed by atoms with Crippen LogP contribution in [-0.4, -0.2) is 10.5 Å². The number of halogens is 4. The summed E-state index contributed by atoms with van der Waals surface area (Å²) in [4.78, 5) is 2.92. The maximum atomic E-state index is 12.6. The summed E-state index contributed by atoms with van der Waals surface area (Å²) in [6.45, 7) is 0. The Kier molecular flexibility index (Phi) is 2.65. The van der Waals surface area contributed by atoms with E-state index in [-0.39, 0.29) is 4.90 Å². The molecule has 0 aliphatic heterocycles. The first-order chi connectivity index (χ1) is 5.88. The van der Waals surface area contributed by atoms with Crippen molar-refractivity contribution in [2.45, 2.75) is 10.4 Å². The number of nitrogen functional groups attached to an aromatic ring is 1. The van der Waals surface area contributed by atoms with Crippen LogP contribution in [0.15, 0.2) is 17.2 Å². The lowest BCUT2D eigenvalue weighted by Crippen LogP contribution is -2.01. The average molecular weight is 212 g/mol. The maximum absolute atomic E-state index is 12.6. The summed E-state index contributed by atoms with van der Waals surface area (Å²) >= 11 is -0.434. The lowest BCUT2D eigenvalue weighted by atomic mass is 10.4. The molecule has 0 bridgehead atoms. The van der Waals surface area contributed by atoms with Crippen molar-refractivity contribution >= 4 is 17.6 Å². The van der Waals surface area contributed by atoms with Crippen molar-refractivity contribution in [1.82, 2.24) is 4.98 Å².